The van der Waals surface area contributed by atoms with Crippen molar-refractivity contribution in [1.82, 2.24) is 29.8 Å². The number of anilines is 1. The standard InChI is InChI=1S/C13H15N7/c1-19-9-15-17-13(19)10-4-3-5-11(6-10)14-7-12-8-20(2)18-16-12/h3-6,8-9,14H,7H2,1-2H3. The van der Waals surface area contributed by atoms with E-state index in [0.717, 1.165) is 22.8 Å². The van der Waals surface area contributed by atoms with Crippen LogP contribution in [-0.4, -0.2) is 29.8 Å². The molecule has 3 rings (SSSR count). The lowest BCUT2D eigenvalue weighted by Crippen LogP contribution is -2.00. The van der Waals surface area contributed by atoms with Gasteiger partial charge in [0.1, 0.15) is 12.0 Å². The zero-order valence-corrected chi connectivity index (χ0v) is 11.4. The van der Waals surface area contributed by atoms with Crippen molar-refractivity contribution < 1.29 is 0 Å². The third-order valence-electron chi connectivity index (χ3n) is 2.96. The molecule has 0 unspecified atom stereocenters. The fourth-order valence-corrected chi connectivity index (χ4v) is 1.98. The molecule has 0 aliphatic rings. The normalized spacial score (nSPS) is 10.7. The second-order valence-corrected chi connectivity index (χ2v) is 4.58. The summed E-state index contributed by atoms with van der Waals surface area (Å²) in [4.78, 5) is 0. The number of rotatable bonds is 4. The van der Waals surface area contributed by atoms with Gasteiger partial charge in [0.15, 0.2) is 5.82 Å². The van der Waals surface area contributed by atoms with Crippen LogP contribution in [-0.2, 0) is 20.6 Å². The van der Waals surface area contributed by atoms with Crippen LogP contribution in [0.4, 0.5) is 5.69 Å². The largest absolute Gasteiger partial charge is 0.379 e. The molecule has 0 saturated heterocycles. The maximum absolute atomic E-state index is 4.11. The summed E-state index contributed by atoms with van der Waals surface area (Å²) in [5, 5.41) is 19.3. The van der Waals surface area contributed by atoms with Crippen LogP contribution in [0.3, 0.4) is 0 Å². The Balaban J connectivity index is 1.76. The molecule has 1 N–H and O–H groups in total. The van der Waals surface area contributed by atoms with E-state index in [9.17, 15) is 0 Å². The van der Waals surface area contributed by atoms with E-state index in [4.69, 9.17) is 0 Å². The molecule has 0 fully saturated rings. The van der Waals surface area contributed by atoms with Crippen LogP contribution in [0.25, 0.3) is 11.4 Å². The smallest absolute Gasteiger partial charge is 0.163 e. The maximum Gasteiger partial charge on any atom is 0.163 e. The Bertz CT molecular complexity index is 713. The molecule has 0 aliphatic carbocycles. The van der Waals surface area contributed by atoms with Gasteiger partial charge < -0.3 is 9.88 Å². The fourth-order valence-electron chi connectivity index (χ4n) is 1.98. The van der Waals surface area contributed by atoms with Crippen molar-refractivity contribution in [2.24, 2.45) is 14.1 Å². The zero-order chi connectivity index (χ0) is 13.9. The van der Waals surface area contributed by atoms with Gasteiger partial charge in [0.25, 0.3) is 0 Å². The molecule has 0 spiro atoms. The summed E-state index contributed by atoms with van der Waals surface area (Å²) in [6, 6.07) is 8.05. The molecule has 0 saturated carbocycles. The van der Waals surface area contributed by atoms with E-state index in [1.807, 2.05) is 49.1 Å². The summed E-state index contributed by atoms with van der Waals surface area (Å²) in [6.07, 6.45) is 3.58. The minimum Gasteiger partial charge on any atom is -0.379 e. The second-order valence-electron chi connectivity index (χ2n) is 4.58. The lowest BCUT2D eigenvalue weighted by Gasteiger charge is -2.06. The topological polar surface area (TPSA) is 73.5 Å². The first kappa shape index (κ1) is 12.3. The molecule has 2 heterocycles. The van der Waals surface area contributed by atoms with Crippen LogP contribution in [0, 0.1) is 0 Å². The molecule has 0 radical (unpaired) electrons. The summed E-state index contributed by atoms with van der Waals surface area (Å²) < 4.78 is 3.58. The minimum absolute atomic E-state index is 0.635. The Kier molecular flexibility index (Phi) is 3.16. The molecule has 0 atom stereocenters. The van der Waals surface area contributed by atoms with Gasteiger partial charge >= 0.3 is 0 Å². The molecule has 2 aromatic heterocycles. The summed E-state index contributed by atoms with van der Waals surface area (Å²) in [7, 11) is 3.78. The second kappa shape index (κ2) is 5.12. The molecular weight excluding hydrogens is 254 g/mol. The first-order chi connectivity index (χ1) is 9.72. The summed E-state index contributed by atoms with van der Waals surface area (Å²) in [6.45, 7) is 0.635. The molecule has 0 aliphatic heterocycles. The van der Waals surface area contributed by atoms with Gasteiger partial charge in [-0.25, -0.2) is 0 Å². The van der Waals surface area contributed by atoms with Gasteiger partial charge in [-0.15, -0.1) is 15.3 Å². The highest BCUT2D eigenvalue weighted by molar-refractivity contribution is 5.62. The summed E-state index contributed by atoms with van der Waals surface area (Å²) >= 11 is 0. The molecule has 3 aromatic rings. The van der Waals surface area contributed by atoms with Gasteiger partial charge in [0.2, 0.25) is 0 Å². The Morgan fingerprint density at radius 1 is 1.20 bits per heavy atom. The lowest BCUT2D eigenvalue weighted by atomic mass is 10.2. The number of nitrogens with one attached hydrogen (secondary N) is 1. The van der Waals surface area contributed by atoms with Crippen molar-refractivity contribution >= 4 is 5.69 Å². The zero-order valence-electron chi connectivity index (χ0n) is 11.4. The lowest BCUT2D eigenvalue weighted by molar-refractivity contribution is 0.713. The molecular formula is C13H15N7. The Morgan fingerprint density at radius 3 is 2.80 bits per heavy atom. The fraction of sp³-hybridized carbons (Fsp3) is 0.231. The van der Waals surface area contributed by atoms with E-state index in [-0.39, 0.29) is 0 Å². The number of hydrogen-bond donors (Lipinski definition) is 1. The molecule has 7 nitrogen and oxygen atoms in total. The predicted octanol–water partition coefficient (Wildman–Crippen LogP) is 1.22. The van der Waals surface area contributed by atoms with Crippen LogP contribution in [0.15, 0.2) is 36.8 Å². The highest BCUT2D eigenvalue weighted by Gasteiger charge is 2.05. The van der Waals surface area contributed by atoms with E-state index in [2.05, 4.69) is 25.8 Å². The predicted molar refractivity (Wildman–Crippen MR) is 74.8 cm³/mol. The Hall–Kier alpha value is -2.70. The SMILES string of the molecule is Cn1cc(CNc2cccc(-c3nncn3C)c2)nn1. The quantitative estimate of drug-likeness (QED) is 0.771. The molecule has 7 heteroatoms. The summed E-state index contributed by atoms with van der Waals surface area (Å²) in [5.41, 5.74) is 2.93. The van der Waals surface area contributed by atoms with E-state index in [0.29, 0.717) is 6.54 Å². The van der Waals surface area contributed by atoms with Crippen LogP contribution in [0.2, 0.25) is 0 Å². The Morgan fingerprint density at radius 2 is 2.10 bits per heavy atom. The maximum atomic E-state index is 4.11. The molecule has 1 aromatic carbocycles. The number of benzene rings is 1. The van der Waals surface area contributed by atoms with Gasteiger partial charge in [-0.1, -0.05) is 17.3 Å². The molecule has 0 bridgehead atoms. The van der Waals surface area contributed by atoms with Crippen LogP contribution < -0.4 is 5.32 Å². The van der Waals surface area contributed by atoms with Crippen molar-refractivity contribution in [2.75, 3.05) is 5.32 Å². The van der Waals surface area contributed by atoms with Crippen molar-refractivity contribution in [3.8, 4) is 11.4 Å². The number of hydrogen-bond acceptors (Lipinski definition) is 5. The van der Waals surface area contributed by atoms with Gasteiger partial charge in [-0.05, 0) is 12.1 Å². The monoisotopic (exact) mass is 269 g/mol. The van der Waals surface area contributed by atoms with Crippen molar-refractivity contribution in [2.45, 2.75) is 6.54 Å². The molecule has 102 valence electrons. The van der Waals surface area contributed by atoms with Crippen LogP contribution in [0.1, 0.15) is 5.69 Å². The number of aryl methyl sites for hydroxylation is 2. The van der Waals surface area contributed by atoms with Crippen molar-refractivity contribution in [1.29, 1.82) is 0 Å². The third-order valence-corrected chi connectivity index (χ3v) is 2.96. The van der Waals surface area contributed by atoms with E-state index < -0.39 is 0 Å². The average molecular weight is 269 g/mol. The van der Waals surface area contributed by atoms with Crippen molar-refractivity contribution in [3.05, 3.63) is 42.5 Å². The average Bonchev–Trinajstić information content (AvgIpc) is 3.05. The van der Waals surface area contributed by atoms with Gasteiger partial charge in [0, 0.05) is 31.5 Å². The van der Waals surface area contributed by atoms with E-state index in [1.165, 1.54) is 0 Å². The summed E-state index contributed by atoms with van der Waals surface area (Å²) in [5.74, 6) is 0.841. The molecule has 20 heavy (non-hydrogen) atoms. The number of nitrogens with zero attached hydrogens (tertiary/aromatic N) is 6. The first-order valence-electron chi connectivity index (χ1n) is 6.26. The van der Waals surface area contributed by atoms with Crippen LogP contribution in [0.5, 0.6) is 0 Å². The number of aromatic nitrogens is 6. The van der Waals surface area contributed by atoms with E-state index in [1.54, 1.807) is 11.0 Å². The van der Waals surface area contributed by atoms with Gasteiger partial charge in [-0.2, -0.15) is 0 Å². The Labute approximate surface area is 116 Å². The van der Waals surface area contributed by atoms with E-state index >= 15 is 0 Å². The van der Waals surface area contributed by atoms with Gasteiger partial charge in [0.05, 0.1) is 6.54 Å². The third kappa shape index (κ3) is 2.51. The van der Waals surface area contributed by atoms with Gasteiger partial charge in [-0.3, -0.25) is 4.68 Å². The molecule has 0 amide bonds. The van der Waals surface area contributed by atoms with Crippen molar-refractivity contribution in [3.63, 3.8) is 0 Å². The first-order valence-corrected chi connectivity index (χ1v) is 6.26. The highest BCUT2D eigenvalue weighted by Crippen LogP contribution is 2.20. The minimum atomic E-state index is 0.635. The highest BCUT2D eigenvalue weighted by atomic mass is 15.4. The van der Waals surface area contributed by atoms with Crippen LogP contribution >= 0.6 is 0 Å².